The second-order valence-corrected chi connectivity index (χ2v) is 14.2. The first-order valence-corrected chi connectivity index (χ1v) is 17.8. The molecule has 0 unspecified atom stereocenters. The lowest BCUT2D eigenvalue weighted by Crippen LogP contribution is -3.00. The minimum atomic E-state index is 0. The Morgan fingerprint density at radius 1 is 0.472 bits per heavy atom. The van der Waals surface area contributed by atoms with Crippen LogP contribution in [0.1, 0.15) is 114 Å². The first kappa shape index (κ1) is 33.2. The van der Waals surface area contributed by atoms with E-state index in [1.165, 1.54) is 133 Å². The number of benzene rings is 2. The van der Waals surface area contributed by atoms with Crippen LogP contribution in [0.2, 0.25) is 0 Å². The van der Waals surface area contributed by atoms with E-state index in [0.717, 1.165) is 5.92 Å². The maximum atomic E-state index is 2.45. The van der Waals surface area contributed by atoms with Crippen molar-refractivity contribution in [2.45, 2.75) is 116 Å². The second-order valence-electron chi connectivity index (χ2n) is 11.3. The maximum absolute atomic E-state index is 2.45. The van der Waals surface area contributed by atoms with Crippen molar-refractivity contribution in [3.8, 4) is 0 Å². The largest absolute Gasteiger partial charge is 1.00 e. The van der Waals surface area contributed by atoms with Gasteiger partial charge in [-0.15, -0.1) is 0 Å². The molecule has 204 valence electrons. The second kappa shape index (κ2) is 23.3. The smallest absolute Gasteiger partial charge is 0.0566 e. The van der Waals surface area contributed by atoms with Gasteiger partial charge in [-0.05, 0) is 57.1 Å². The normalized spacial score (nSPS) is 11.2. The summed E-state index contributed by atoms with van der Waals surface area (Å²) in [6, 6.07) is 22.2. The number of hydrogen-bond donors (Lipinski definition) is 0. The molecule has 0 saturated carbocycles. The third-order valence-electron chi connectivity index (χ3n) is 7.52. The molecular weight excluding hydrogens is 475 g/mol. The van der Waals surface area contributed by atoms with E-state index in [1.54, 1.807) is 0 Å². The summed E-state index contributed by atoms with van der Waals surface area (Å²) in [5, 5.41) is 0. The topological polar surface area (TPSA) is 0 Å². The highest BCUT2D eigenvalue weighted by Crippen LogP contribution is 2.26. The Morgan fingerprint density at radius 2 is 0.806 bits per heavy atom. The summed E-state index contributed by atoms with van der Waals surface area (Å²) in [6.07, 6.45) is 27.2. The van der Waals surface area contributed by atoms with Crippen LogP contribution in [0.25, 0.3) is 0 Å². The van der Waals surface area contributed by atoms with Gasteiger partial charge in [0.15, 0.2) is 0 Å². The Kier molecular flexibility index (Phi) is 21.5. The van der Waals surface area contributed by atoms with Crippen molar-refractivity contribution in [2.24, 2.45) is 5.92 Å². The van der Waals surface area contributed by atoms with Crippen molar-refractivity contribution in [1.29, 1.82) is 0 Å². The van der Waals surface area contributed by atoms with E-state index in [9.17, 15) is 0 Å². The molecule has 2 aromatic carbocycles. The minimum absolute atomic E-state index is 0. The predicted octanol–water partition coefficient (Wildman–Crippen LogP) is 7.81. The molecule has 0 aliphatic heterocycles. The summed E-state index contributed by atoms with van der Waals surface area (Å²) in [5.74, 6) is 0.765. The highest BCUT2D eigenvalue weighted by atomic mass is 35.5. The van der Waals surface area contributed by atoms with Crippen molar-refractivity contribution < 1.29 is 12.4 Å². The van der Waals surface area contributed by atoms with Gasteiger partial charge in [-0.3, -0.25) is 0 Å². The first-order valence-electron chi connectivity index (χ1n) is 15.1. The van der Waals surface area contributed by atoms with Crippen LogP contribution in [0, 0.1) is 5.92 Å². The molecule has 0 atom stereocenters. The molecule has 0 N–H and O–H groups in total. The molecule has 2 rings (SSSR count). The van der Waals surface area contributed by atoms with Crippen LogP contribution in [0.15, 0.2) is 60.7 Å². The summed E-state index contributed by atoms with van der Waals surface area (Å²) in [6.45, 7) is 4.89. The van der Waals surface area contributed by atoms with E-state index >= 15 is 0 Å². The van der Waals surface area contributed by atoms with Crippen LogP contribution in [0.5, 0.6) is 0 Å². The summed E-state index contributed by atoms with van der Waals surface area (Å²) < 4.78 is 0. The van der Waals surface area contributed by atoms with Crippen molar-refractivity contribution >= 4 is 7.92 Å². The van der Waals surface area contributed by atoms with Gasteiger partial charge in [0.05, 0.1) is 6.16 Å². The molecule has 0 spiro atoms. The summed E-state index contributed by atoms with van der Waals surface area (Å²) >= 11 is 0. The van der Waals surface area contributed by atoms with Gasteiger partial charge >= 0.3 is 0 Å². The minimum Gasteiger partial charge on any atom is -1.00 e. The molecule has 36 heavy (non-hydrogen) atoms. The molecule has 0 radical (unpaired) electrons. The van der Waals surface area contributed by atoms with Gasteiger partial charge in [0.1, 0.15) is 0 Å². The van der Waals surface area contributed by atoms with Crippen LogP contribution < -0.4 is 12.4 Å². The highest BCUT2D eigenvalue weighted by molar-refractivity contribution is 7.55. The quantitative estimate of drug-likeness (QED) is 0.107. The molecule has 0 aliphatic carbocycles. The van der Waals surface area contributed by atoms with E-state index in [2.05, 4.69) is 74.0 Å². The molecule has 0 aliphatic rings. The van der Waals surface area contributed by atoms with Crippen LogP contribution in [0.4, 0.5) is 0 Å². The number of halogens is 1. The fraction of sp³-hybridized carbons (Fsp3) is 0.647. The zero-order valence-corrected chi connectivity index (χ0v) is 25.4. The molecule has 0 fully saturated rings. The zero-order chi connectivity index (χ0) is 24.8. The molecule has 0 heterocycles. The third-order valence-corrected chi connectivity index (χ3v) is 8.88. The lowest BCUT2D eigenvalue weighted by molar-refractivity contribution is -0.00000758. The van der Waals surface area contributed by atoms with Gasteiger partial charge in [-0.1, -0.05) is 144 Å². The van der Waals surface area contributed by atoms with Crippen molar-refractivity contribution in [2.75, 3.05) is 19.5 Å². The van der Waals surface area contributed by atoms with Gasteiger partial charge in [0.25, 0.3) is 0 Å². The van der Waals surface area contributed by atoms with Gasteiger partial charge in [-0.2, -0.15) is 0 Å². The number of unbranched alkanes of at least 4 members (excludes halogenated alkanes) is 14. The van der Waals surface area contributed by atoms with E-state index in [1.807, 2.05) is 0 Å². The SMILES string of the molecule is C[PH+](C)CCCCCCCCCCCCCCCCCC(Cc1ccccc1)Cc1ccccc1.[Cl-]. The molecule has 0 aromatic heterocycles. The lowest BCUT2D eigenvalue weighted by atomic mass is 9.88. The molecule has 2 aromatic rings. The van der Waals surface area contributed by atoms with Crippen LogP contribution in [-0.2, 0) is 12.8 Å². The van der Waals surface area contributed by atoms with Gasteiger partial charge in [0.2, 0.25) is 0 Å². The number of rotatable bonds is 22. The van der Waals surface area contributed by atoms with Gasteiger partial charge < -0.3 is 12.4 Å². The van der Waals surface area contributed by atoms with E-state index in [4.69, 9.17) is 0 Å². The summed E-state index contributed by atoms with van der Waals surface area (Å²) in [4.78, 5) is 0. The lowest BCUT2D eigenvalue weighted by Gasteiger charge is -2.17. The molecular formula is C34H56ClP. The Labute approximate surface area is 232 Å². The first-order chi connectivity index (χ1) is 17.2. The van der Waals surface area contributed by atoms with Gasteiger partial charge in [-0.25, -0.2) is 0 Å². The zero-order valence-electron chi connectivity index (χ0n) is 23.7. The molecule has 0 amide bonds. The van der Waals surface area contributed by atoms with E-state index in [0.29, 0.717) is 0 Å². The molecule has 0 saturated heterocycles. The summed E-state index contributed by atoms with van der Waals surface area (Å²) in [5.41, 5.74) is 2.99. The number of hydrogen-bond acceptors (Lipinski definition) is 0. The Morgan fingerprint density at radius 3 is 1.17 bits per heavy atom. The Balaban J connectivity index is 0.00000648. The monoisotopic (exact) mass is 530 g/mol. The fourth-order valence-electron chi connectivity index (χ4n) is 5.38. The maximum Gasteiger partial charge on any atom is 0.0566 e. The van der Waals surface area contributed by atoms with Crippen LogP contribution in [-0.4, -0.2) is 19.5 Å². The van der Waals surface area contributed by atoms with Gasteiger partial charge in [0, 0.05) is 13.3 Å². The molecule has 2 heteroatoms. The average molecular weight is 531 g/mol. The fourth-order valence-corrected chi connectivity index (χ4v) is 6.34. The average Bonchev–Trinajstić information content (AvgIpc) is 2.87. The van der Waals surface area contributed by atoms with E-state index < -0.39 is 0 Å². The van der Waals surface area contributed by atoms with Crippen LogP contribution in [0.3, 0.4) is 0 Å². The highest BCUT2D eigenvalue weighted by Gasteiger charge is 2.11. The Bertz CT molecular complexity index is 658. The molecule has 0 bridgehead atoms. The Hall–Kier alpha value is -0.840. The third kappa shape index (κ3) is 18.4. The van der Waals surface area contributed by atoms with Crippen molar-refractivity contribution in [1.82, 2.24) is 0 Å². The van der Waals surface area contributed by atoms with Crippen LogP contribution >= 0.6 is 7.92 Å². The van der Waals surface area contributed by atoms with Crippen molar-refractivity contribution in [3.63, 3.8) is 0 Å². The standard InChI is InChI=1S/C34H55P.ClH/c1-35(2)29-23-15-13-11-9-7-5-3-4-6-8-10-12-14-18-28-34(30-32-24-19-16-20-25-32)31-33-26-21-17-22-27-33;/h16-17,19-22,24-27,34H,3-15,18,23,28-31H2,1-2H3;1H. The van der Waals surface area contributed by atoms with Crippen molar-refractivity contribution in [3.05, 3.63) is 71.8 Å². The van der Waals surface area contributed by atoms with E-state index in [-0.39, 0.29) is 20.3 Å². The molecule has 0 nitrogen and oxygen atoms in total. The predicted molar refractivity (Wildman–Crippen MR) is 163 cm³/mol. The summed E-state index contributed by atoms with van der Waals surface area (Å²) in [7, 11) is 0.0216.